The summed E-state index contributed by atoms with van der Waals surface area (Å²) in [6.07, 6.45) is 10.2. The first kappa shape index (κ1) is 24.1. The second-order valence-electron chi connectivity index (χ2n) is 9.24. The van der Waals surface area contributed by atoms with Crippen LogP contribution >= 0.6 is 0 Å². The molecule has 2 aliphatic rings. The summed E-state index contributed by atoms with van der Waals surface area (Å²) in [5.74, 6) is 1.34. The Balaban J connectivity index is 1.46. The first-order valence-electron chi connectivity index (χ1n) is 11.9. The van der Waals surface area contributed by atoms with Crippen molar-refractivity contribution in [2.75, 3.05) is 66.5 Å². The van der Waals surface area contributed by atoms with Crippen LogP contribution in [0.1, 0.15) is 64.7 Å². The molecule has 2 rings (SSSR count). The molecule has 2 fully saturated rings. The summed E-state index contributed by atoms with van der Waals surface area (Å²) in [7, 11) is 4.08. The van der Waals surface area contributed by atoms with Gasteiger partial charge in [-0.2, -0.15) is 0 Å². The molecule has 0 bridgehead atoms. The van der Waals surface area contributed by atoms with Gasteiger partial charge in [-0.1, -0.05) is 25.7 Å². The van der Waals surface area contributed by atoms with E-state index < -0.39 is 0 Å². The molecule has 0 aromatic rings. The number of rotatable bonds is 11. The number of hydrogen-bond acceptors (Lipinski definition) is 4. The standard InChI is InChI=1S/C23H44N4O2/c1-21(28)25(3)13-9-7-5-4-6-8-10-23(29)27-18-16-26(17-19-27)20-22-11-14-24(2)15-12-22/h22H,4-20H2,1-3H3. The monoisotopic (exact) mass is 408 g/mol. The van der Waals surface area contributed by atoms with Crippen molar-refractivity contribution in [3.05, 3.63) is 0 Å². The number of carbonyl (C=O) groups excluding carboxylic acids is 2. The lowest BCUT2D eigenvalue weighted by atomic mass is 9.96. The fraction of sp³-hybridized carbons (Fsp3) is 0.913. The first-order chi connectivity index (χ1) is 14.0. The number of piperazine rings is 1. The number of unbranched alkanes of at least 4 members (excludes halogenated alkanes) is 5. The molecule has 2 amide bonds. The van der Waals surface area contributed by atoms with Crippen LogP contribution in [0, 0.1) is 5.92 Å². The zero-order chi connectivity index (χ0) is 21.1. The van der Waals surface area contributed by atoms with Crippen LogP contribution in [0.4, 0.5) is 0 Å². The zero-order valence-electron chi connectivity index (χ0n) is 19.2. The van der Waals surface area contributed by atoms with Crippen molar-refractivity contribution < 1.29 is 9.59 Å². The van der Waals surface area contributed by atoms with Crippen molar-refractivity contribution in [3.63, 3.8) is 0 Å². The molecule has 0 aromatic heterocycles. The number of piperidine rings is 1. The maximum Gasteiger partial charge on any atom is 0.222 e. The summed E-state index contributed by atoms with van der Waals surface area (Å²) in [4.78, 5) is 32.5. The van der Waals surface area contributed by atoms with E-state index in [1.807, 2.05) is 7.05 Å². The van der Waals surface area contributed by atoms with Crippen LogP contribution in [0.3, 0.4) is 0 Å². The third kappa shape index (κ3) is 9.47. The number of carbonyl (C=O) groups is 2. The smallest absolute Gasteiger partial charge is 0.222 e. The Kier molecular flexibility index (Phi) is 11.0. The highest BCUT2D eigenvalue weighted by molar-refractivity contribution is 5.76. The summed E-state index contributed by atoms with van der Waals surface area (Å²) >= 11 is 0. The summed E-state index contributed by atoms with van der Waals surface area (Å²) in [5, 5.41) is 0. The topological polar surface area (TPSA) is 47.1 Å². The van der Waals surface area contributed by atoms with Crippen LogP contribution < -0.4 is 0 Å². The Morgan fingerprint density at radius 2 is 1.45 bits per heavy atom. The lowest BCUT2D eigenvalue weighted by Crippen LogP contribution is -2.50. The Bertz CT molecular complexity index is 483. The van der Waals surface area contributed by atoms with E-state index in [4.69, 9.17) is 0 Å². The van der Waals surface area contributed by atoms with Gasteiger partial charge in [0.25, 0.3) is 0 Å². The highest BCUT2D eigenvalue weighted by Crippen LogP contribution is 2.18. The molecule has 6 nitrogen and oxygen atoms in total. The van der Waals surface area contributed by atoms with Crippen molar-refractivity contribution in [3.8, 4) is 0 Å². The highest BCUT2D eigenvalue weighted by Gasteiger charge is 2.24. The summed E-state index contributed by atoms with van der Waals surface area (Å²) < 4.78 is 0. The highest BCUT2D eigenvalue weighted by atomic mass is 16.2. The second kappa shape index (κ2) is 13.2. The van der Waals surface area contributed by atoms with Crippen molar-refractivity contribution in [2.45, 2.75) is 64.7 Å². The molecule has 2 saturated heterocycles. The maximum atomic E-state index is 12.5. The van der Waals surface area contributed by atoms with Gasteiger partial charge in [0.05, 0.1) is 0 Å². The first-order valence-corrected chi connectivity index (χ1v) is 11.9. The van der Waals surface area contributed by atoms with Gasteiger partial charge in [0.2, 0.25) is 11.8 Å². The Labute approximate surface area is 178 Å². The normalized spacial score (nSPS) is 19.5. The van der Waals surface area contributed by atoms with Crippen molar-refractivity contribution in [1.29, 1.82) is 0 Å². The molecule has 0 atom stereocenters. The Morgan fingerprint density at radius 3 is 2.07 bits per heavy atom. The van der Waals surface area contributed by atoms with Crippen LogP contribution in [0.2, 0.25) is 0 Å². The number of amides is 2. The molecule has 168 valence electrons. The van der Waals surface area contributed by atoms with Crippen LogP contribution in [0.15, 0.2) is 0 Å². The Morgan fingerprint density at radius 1 is 0.862 bits per heavy atom. The van der Waals surface area contributed by atoms with Gasteiger partial charge in [-0.15, -0.1) is 0 Å². The van der Waals surface area contributed by atoms with E-state index in [9.17, 15) is 9.59 Å². The predicted octanol–water partition coefficient (Wildman–Crippen LogP) is 2.68. The fourth-order valence-electron chi connectivity index (χ4n) is 4.44. The van der Waals surface area contributed by atoms with Gasteiger partial charge in [-0.05, 0) is 51.7 Å². The minimum atomic E-state index is 0.145. The van der Waals surface area contributed by atoms with E-state index in [0.717, 1.165) is 57.9 Å². The van der Waals surface area contributed by atoms with Gasteiger partial charge in [-0.3, -0.25) is 14.5 Å². The molecule has 0 aliphatic carbocycles. The van der Waals surface area contributed by atoms with Gasteiger partial charge in [0, 0.05) is 59.7 Å². The minimum Gasteiger partial charge on any atom is -0.346 e. The molecular formula is C23H44N4O2. The Hall–Kier alpha value is -1.14. The predicted molar refractivity (Wildman–Crippen MR) is 119 cm³/mol. The minimum absolute atomic E-state index is 0.145. The van der Waals surface area contributed by atoms with E-state index in [-0.39, 0.29) is 5.91 Å². The lowest BCUT2D eigenvalue weighted by molar-refractivity contribution is -0.133. The van der Waals surface area contributed by atoms with Crippen LogP contribution in [0.5, 0.6) is 0 Å². The average molecular weight is 409 g/mol. The molecular weight excluding hydrogens is 364 g/mol. The third-order valence-electron chi connectivity index (χ3n) is 6.75. The second-order valence-corrected chi connectivity index (χ2v) is 9.24. The van der Waals surface area contributed by atoms with Crippen molar-refractivity contribution in [2.24, 2.45) is 5.92 Å². The van der Waals surface area contributed by atoms with E-state index >= 15 is 0 Å². The zero-order valence-corrected chi connectivity index (χ0v) is 19.2. The summed E-state index contributed by atoms with van der Waals surface area (Å²) in [5.41, 5.74) is 0. The molecule has 6 heteroatoms. The molecule has 2 heterocycles. The molecule has 0 saturated carbocycles. The van der Waals surface area contributed by atoms with E-state index in [1.54, 1.807) is 11.8 Å². The number of nitrogens with zero attached hydrogens (tertiary/aromatic N) is 4. The molecule has 0 radical (unpaired) electrons. The molecule has 29 heavy (non-hydrogen) atoms. The molecule has 0 N–H and O–H groups in total. The average Bonchev–Trinajstić information content (AvgIpc) is 2.71. The fourth-order valence-corrected chi connectivity index (χ4v) is 4.44. The molecule has 0 aromatic carbocycles. The van der Waals surface area contributed by atoms with E-state index in [0.29, 0.717) is 12.3 Å². The van der Waals surface area contributed by atoms with Crippen LogP contribution in [-0.4, -0.2) is 97.9 Å². The number of hydrogen-bond donors (Lipinski definition) is 0. The van der Waals surface area contributed by atoms with Gasteiger partial charge in [-0.25, -0.2) is 0 Å². The molecule has 0 spiro atoms. The maximum absolute atomic E-state index is 12.5. The SMILES string of the molecule is CC(=O)N(C)CCCCCCCCC(=O)N1CCN(CC2CCN(C)CC2)CC1. The van der Waals surface area contributed by atoms with E-state index in [1.165, 1.54) is 51.7 Å². The van der Waals surface area contributed by atoms with Crippen molar-refractivity contribution in [1.82, 2.24) is 19.6 Å². The van der Waals surface area contributed by atoms with Crippen LogP contribution in [0.25, 0.3) is 0 Å². The largest absolute Gasteiger partial charge is 0.346 e. The molecule has 2 aliphatic heterocycles. The van der Waals surface area contributed by atoms with Gasteiger partial charge >= 0.3 is 0 Å². The quantitative estimate of drug-likeness (QED) is 0.493. The van der Waals surface area contributed by atoms with Gasteiger partial charge < -0.3 is 14.7 Å². The van der Waals surface area contributed by atoms with Crippen LogP contribution in [-0.2, 0) is 9.59 Å². The lowest BCUT2D eigenvalue weighted by Gasteiger charge is -2.38. The summed E-state index contributed by atoms with van der Waals surface area (Å²) in [6, 6.07) is 0. The van der Waals surface area contributed by atoms with E-state index in [2.05, 4.69) is 21.7 Å². The number of likely N-dealkylation sites (tertiary alicyclic amines) is 1. The third-order valence-corrected chi connectivity index (χ3v) is 6.75. The van der Waals surface area contributed by atoms with Gasteiger partial charge in [0.15, 0.2) is 0 Å². The molecule has 0 unspecified atom stereocenters. The summed E-state index contributed by atoms with van der Waals surface area (Å²) in [6.45, 7) is 10.1. The van der Waals surface area contributed by atoms with Crippen molar-refractivity contribution >= 4 is 11.8 Å². The van der Waals surface area contributed by atoms with Gasteiger partial charge in [0.1, 0.15) is 0 Å².